The molecule has 6 heteroatoms. The average Bonchev–Trinajstić information content (AvgIpc) is 2.32. The van der Waals surface area contributed by atoms with Gasteiger partial charge in [0.15, 0.2) is 11.0 Å². The normalized spacial score (nSPS) is 10.8. The van der Waals surface area contributed by atoms with E-state index in [4.69, 9.17) is 11.6 Å². The molecule has 2 heterocycles. The van der Waals surface area contributed by atoms with E-state index in [0.29, 0.717) is 28.4 Å². The highest BCUT2D eigenvalue weighted by molar-refractivity contribution is 6.30. The summed E-state index contributed by atoms with van der Waals surface area (Å²) in [5.74, 6) is 1.24. The standard InChI is InChI=1S/C11H12ClN5/c1-7(2)6-8-9(12)15-11(17-16-8)10-13-4-3-5-14-10/h3-5,7H,6H2,1-2H3. The van der Waals surface area contributed by atoms with Crippen LogP contribution in [0.3, 0.4) is 0 Å². The van der Waals surface area contributed by atoms with Crippen LogP contribution in [-0.4, -0.2) is 25.1 Å². The quantitative estimate of drug-likeness (QED) is 0.834. The fourth-order valence-corrected chi connectivity index (χ4v) is 1.54. The fraction of sp³-hybridized carbons (Fsp3) is 0.364. The van der Waals surface area contributed by atoms with Gasteiger partial charge in [0.25, 0.3) is 0 Å². The highest BCUT2D eigenvalue weighted by Gasteiger charge is 2.11. The average molecular weight is 250 g/mol. The van der Waals surface area contributed by atoms with Crippen molar-refractivity contribution in [2.45, 2.75) is 20.3 Å². The van der Waals surface area contributed by atoms with Crippen molar-refractivity contribution >= 4 is 11.6 Å². The molecule has 0 aromatic carbocycles. The van der Waals surface area contributed by atoms with Crippen LogP contribution in [0.4, 0.5) is 0 Å². The molecule has 88 valence electrons. The lowest BCUT2D eigenvalue weighted by Crippen LogP contribution is -2.04. The minimum absolute atomic E-state index is 0.350. The van der Waals surface area contributed by atoms with Gasteiger partial charge in [0.05, 0.1) is 0 Å². The third kappa shape index (κ3) is 2.94. The molecule has 0 aliphatic rings. The monoisotopic (exact) mass is 249 g/mol. The number of hydrogen-bond donors (Lipinski definition) is 0. The predicted octanol–water partition coefficient (Wildman–Crippen LogP) is 2.18. The Morgan fingerprint density at radius 3 is 2.41 bits per heavy atom. The first-order valence-electron chi connectivity index (χ1n) is 5.33. The van der Waals surface area contributed by atoms with Crippen molar-refractivity contribution in [3.05, 3.63) is 29.3 Å². The van der Waals surface area contributed by atoms with Crippen LogP contribution in [-0.2, 0) is 6.42 Å². The minimum atomic E-state index is 0.350. The zero-order valence-corrected chi connectivity index (χ0v) is 10.4. The molecule has 0 N–H and O–H groups in total. The Hall–Kier alpha value is -1.62. The Morgan fingerprint density at radius 2 is 1.82 bits per heavy atom. The van der Waals surface area contributed by atoms with Crippen molar-refractivity contribution < 1.29 is 0 Å². The van der Waals surface area contributed by atoms with Gasteiger partial charge in [-0.3, -0.25) is 0 Å². The highest BCUT2D eigenvalue weighted by atomic mass is 35.5. The van der Waals surface area contributed by atoms with E-state index < -0.39 is 0 Å². The third-order valence-corrected chi connectivity index (χ3v) is 2.38. The molecular weight excluding hydrogens is 238 g/mol. The molecule has 0 atom stereocenters. The molecule has 0 fully saturated rings. The SMILES string of the molecule is CC(C)Cc1nnc(-c2ncccn2)nc1Cl. The maximum absolute atomic E-state index is 6.05. The van der Waals surface area contributed by atoms with Crippen molar-refractivity contribution in [3.63, 3.8) is 0 Å². The molecule has 17 heavy (non-hydrogen) atoms. The van der Waals surface area contributed by atoms with Crippen LogP contribution in [0.5, 0.6) is 0 Å². The van der Waals surface area contributed by atoms with E-state index in [1.165, 1.54) is 0 Å². The Bertz CT molecular complexity index is 500. The molecule has 0 aliphatic carbocycles. The lowest BCUT2D eigenvalue weighted by atomic mass is 10.1. The van der Waals surface area contributed by atoms with Crippen molar-refractivity contribution in [1.29, 1.82) is 0 Å². The summed E-state index contributed by atoms with van der Waals surface area (Å²) in [6, 6.07) is 1.73. The molecule has 5 nitrogen and oxygen atoms in total. The van der Waals surface area contributed by atoms with Gasteiger partial charge in [0.1, 0.15) is 5.69 Å². The molecule has 0 amide bonds. The van der Waals surface area contributed by atoms with Crippen LogP contribution in [0.25, 0.3) is 11.6 Å². The Balaban J connectivity index is 2.31. The van der Waals surface area contributed by atoms with Crippen molar-refractivity contribution in [2.75, 3.05) is 0 Å². The largest absolute Gasteiger partial charge is 0.234 e. The Kier molecular flexibility index (Phi) is 3.58. The van der Waals surface area contributed by atoms with Gasteiger partial charge in [-0.15, -0.1) is 5.10 Å². The molecule has 0 spiro atoms. The molecule has 0 saturated heterocycles. The predicted molar refractivity (Wildman–Crippen MR) is 64.4 cm³/mol. The number of rotatable bonds is 3. The highest BCUT2D eigenvalue weighted by Crippen LogP contribution is 2.16. The van der Waals surface area contributed by atoms with E-state index in [1.54, 1.807) is 18.5 Å². The van der Waals surface area contributed by atoms with Gasteiger partial charge in [-0.25, -0.2) is 15.0 Å². The van der Waals surface area contributed by atoms with Gasteiger partial charge in [0, 0.05) is 12.4 Å². The van der Waals surface area contributed by atoms with Crippen LogP contribution >= 0.6 is 11.6 Å². The second-order valence-electron chi connectivity index (χ2n) is 4.04. The van der Waals surface area contributed by atoms with E-state index >= 15 is 0 Å². The van der Waals surface area contributed by atoms with Crippen LogP contribution in [0.2, 0.25) is 5.15 Å². The molecule has 2 aromatic heterocycles. The van der Waals surface area contributed by atoms with Gasteiger partial charge >= 0.3 is 0 Å². The second-order valence-corrected chi connectivity index (χ2v) is 4.40. The van der Waals surface area contributed by atoms with Gasteiger partial charge < -0.3 is 0 Å². The molecule has 2 aromatic rings. The van der Waals surface area contributed by atoms with Gasteiger partial charge in [-0.2, -0.15) is 5.10 Å². The van der Waals surface area contributed by atoms with Gasteiger partial charge in [0.2, 0.25) is 5.82 Å². The van der Waals surface area contributed by atoms with E-state index in [0.717, 1.165) is 6.42 Å². The maximum atomic E-state index is 6.05. The summed E-state index contributed by atoms with van der Waals surface area (Å²) in [7, 11) is 0. The van der Waals surface area contributed by atoms with Crippen LogP contribution in [0.15, 0.2) is 18.5 Å². The first-order valence-corrected chi connectivity index (χ1v) is 5.71. The van der Waals surface area contributed by atoms with Crippen molar-refractivity contribution in [3.8, 4) is 11.6 Å². The third-order valence-electron chi connectivity index (χ3n) is 2.07. The van der Waals surface area contributed by atoms with Crippen molar-refractivity contribution in [1.82, 2.24) is 25.1 Å². The molecule has 0 radical (unpaired) electrons. The van der Waals surface area contributed by atoms with Gasteiger partial charge in [-0.05, 0) is 18.4 Å². The summed E-state index contributed by atoms with van der Waals surface area (Å²) < 4.78 is 0. The molecule has 0 bridgehead atoms. The lowest BCUT2D eigenvalue weighted by molar-refractivity contribution is 0.624. The molecular formula is C11H12ClN5. The second kappa shape index (κ2) is 5.14. The molecule has 0 saturated carbocycles. The summed E-state index contributed by atoms with van der Waals surface area (Å²) in [6.45, 7) is 4.18. The van der Waals surface area contributed by atoms with E-state index in [-0.39, 0.29) is 0 Å². The minimum Gasteiger partial charge on any atom is -0.234 e. The van der Waals surface area contributed by atoms with Crippen LogP contribution in [0, 0.1) is 5.92 Å². The summed E-state index contributed by atoms with van der Waals surface area (Å²) in [5.41, 5.74) is 0.710. The number of aromatic nitrogens is 5. The molecule has 0 aliphatic heterocycles. The summed E-state index contributed by atoms with van der Waals surface area (Å²) >= 11 is 6.05. The van der Waals surface area contributed by atoms with Crippen LogP contribution < -0.4 is 0 Å². The van der Waals surface area contributed by atoms with Gasteiger partial charge in [-0.1, -0.05) is 25.4 Å². The topological polar surface area (TPSA) is 64.5 Å². The number of hydrogen-bond acceptors (Lipinski definition) is 5. The smallest absolute Gasteiger partial charge is 0.221 e. The summed E-state index contributed by atoms with van der Waals surface area (Å²) in [6.07, 6.45) is 4.01. The molecule has 0 unspecified atom stereocenters. The Labute approximate surface area is 104 Å². The first kappa shape index (κ1) is 11.9. The lowest BCUT2D eigenvalue weighted by Gasteiger charge is -2.05. The Morgan fingerprint density at radius 1 is 1.12 bits per heavy atom. The zero-order valence-electron chi connectivity index (χ0n) is 9.63. The number of nitrogens with zero attached hydrogens (tertiary/aromatic N) is 5. The number of halogens is 1. The summed E-state index contributed by atoms with van der Waals surface area (Å²) in [5, 5.41) is 8.43. The van der Waals surface area contributed by atoms with E-state index in [2.05, 4.69) is 39.0 Å². The zero-order chi connectivity index (χ0) is 12.3. The summed E-state index contributed by atoms with van der Waals surface area (Å²) in [4.78, 5) is 12.3. The van der Waals surface area contributed by atoms with E-state index in [9.17, 15) is 0 Å². The first-order chi connectivity index (χ1) is 8.16. The van der Waals surface area contributed by atoms with E-state index in [1.807, 2.05) is 0 Å². The van der Waals surface area contributed by atoms with Crippen molar-refractivity contribution in [2.24, 2.45) is 5.92 Å². The molecule has 2 rings (SSSR count). The maximum Gasteiger partial charge on any atom is 0.221 e. The fourth-order valence-electron chi connectivity index (χ4n) is 1.35. The van der Waals surface area contributed by atoms with Crippen LogP contribution in [0.1, 0.15) is 19.5 Å².